The standard InChI is InChI=1S/C31H50N2O5/c1-6-22(4)30(32-23(5)34)29(36)20-25(13-12-21(2)3)19-28(35)27(18-24-10-8-7-9-11-24)33-31(37)26-14-16-38-17-15-26/h7-11,21-22,25-28,30,35H,6,12-20H2,1-5H3,(H,32,34)(H,33,37)/t22?,25-,27-,28-,30-/m0/s1. The Kier molecular flexibility index (Phi) is 14.0. The Hall–Kier alpha value is -2.25. The summed E-state index contributed by atoms with van der Waals surface area (Å²) >= 11 is 0. The number of ether oxygens (including phenoxy) is 1. The number of hydrogen-bond donors (Lipinski definition) is 3. The molecule has 0 saturated carbocycles. The number of aliphatic hydroxyl groups is 1. The van der Waals surface area contributed by atoms with Crippen molar-refractivity contribution in [3.8, 4) is 0 Å². The van der Waals surface area contributed by atoms with Crippen molar-refractivity contribution < 1.29 is 24.2 Å². The van der Waals surface area contributed by atoms with Crippen molar-refractivity contribution in [2.75, 3.05) is 13.2 Å². The fourth-order valence-electron chi connectivity index (χ4n) is 5.20. The minimum atomic E-state index is -0.799. The number of carbonyl (C=O) groups excluding carboxylic acids is 3. The highest BCUT2D eigenvalue weighted by Crippen LogP contribution is 2.26. The SMILES string of the molecule is CCC(C)[C@H](NC(C)=O)C(=O)C[C@@H](CCC(C)C)C[C@H](O)[C@H](Cc1ccccc1)NC(=O)C1CCOCC1. The van der Waals surface area contributed by atoms with E-state index in [1.54, 1.807) is 0 Å². The van der Waals surface area contributed by atoms with Crippen molar-refractivity contribution in [1.29, 1.82) is 0 Å². The van der Waals surface area contributed by atoms with Gasteiger partial charge in [-0.05, 0) is 55.4 Å². The van der Waals surface area contributed by atoms with Crippen molar-refractivity contribution in [2.24, 2.45) is 23.7 Å². The molecule has 3 N–H and O–H groups in total. The van der Waals surface area contributed by atoms with Crippen LogP contribution in [0.2, 0.25) is 0 Å². The molecule has 2 amide bonds. The van der Waals surface area contributed by atoms with Crippen molar-refractivity contribution in [2.45, 2.75) is 104 Å². The third-order valence-corrected chi connectivity index (χ3v) is 7.82. The molecule has 0 aromatic heterocycles. The number of aliphatic hydroxyl groups excluding tert-OH is 1. The Balaban J connectivity index is 2.19. The maximum Gasteiger partial charge on any atom is 0.223 e. The molecular formula is C31H50N2O5. The fraction of sp³-hybridized carbons (Fsp3) is 0.710. The molecule has 7 heteroatoms. The van der Waals surface area contributed by atoms with E-state index in [2.05, 4.69) is 24.5 Å². The number of carbonyl (C=O) groups is 3. The fourth-order valence-corrected chi connectivity index (χ4v) is 5.20. The van der Waals surface area contributed by atoms with Gasteiger partial charge in [0.1, 0.15) is 0 Å². The maximum absolute atomic E-state index is 13.4. The second-order valence-electron chi connectivity index (χ2n) is 11.6. The van der Waals surface area contributed by atoms with Crippen molar-refractivity contribution in [1.82, 2.24) is 10.6 Å². The predicted molar refractivity (Wildman–Crippen MR) is 150 cm³/mol. The highest BCUT2D eigenvalue weighted by Gasteiger charge is 2.31. The Bertz CT molecular complexity index is 853. The van der Waals surface area contributed by atoms with E-state index in [9.17, 15) is 19.5 Å². The summed E-state index contributed by atoms with van der Waals surface area (Å²) in [4.78, 5) is 38.3. The number of Topliss-reactive ketones (excluding diaryl/α,β-unsaturated/α-hetero) is 1. The highest BCUT2D eigenvalue weighted by molar-refractivity contribution is 5.88. The van der Waals surface area contributed by atoms with Gasteiger partial charge in [0.25, 0.3) is 0 Å². The van der Waals surface area contributed by atoms with Crippen molar-refractivity contribution >= 4 is 17.6 Å². The molecule has 0 bridgehead atoms. The van der Waals surface area contributed by atoms with Crippen molar-refractivity contribution in [3.05, 3.63) is 35.9 Å². The van der Waals surface area contributed by atoms with E-state index in [1.165, 1.54) is 6.92 Å². The molecule has 1 aromatic carbocycles. The van der Waals surface area contributed by atoms with E-state index in [-0.39, 0.29) is 35.4 Å². The molecule has 5 atom stereocenters. The Morgan fingerprint density at radius 1 is 1.03 bits per heavy atom. The van der Waals surface area contributed by atoms with Gasteiger partial charge < -0.3 is 20.5 Å². The Labute approximate surface area is 229 Å². The summed E-state index contributed by atoms with van der Waals surface area (Å²) in [6, 6.07) is 8.90. The summed E-state index contributed by atoms with van der Waals surface area (Å²) in [6.45, 7) is 10.9. The van der Waals surface area contributed by atoms with Crippen LogP contribution in [0, 0.1) is 23.7 Å². The molecule has 0 aliphatic carbocycles. The summed E-state index contributed by atoms with van der Waals surface area (Å²) in [5.41, 5.74) is 1.04. The lowest BCUT2D eigenvalue weighted by atomic mass is 9.83. The largest absolute Gasteiger partial charge is 0.391 e. The van der Waals surface area contributed by atoms with E-state index in [1.807, 2.05) is 44.2 Å². The van der Waals surface area contributed by atoms with E-state index in [4.69, 9.17) is 4.74 Å². The number of ketones is 1. The molecule has 214 valence electrons. The molecule has 1 aromatic rings. The van der Waals surface area contributed by atoms with Gasteiger partial charge in [0.05, 0.1) is 18.2 Å². The zero-order chi connectivity index (χ0) is 28.1. The topological polar surface area (TPSA) is 105 Å². The van der Waals surface area contributed by atoms with Crippen LogP contribution in [0.15, 0.2) is 30.3 Å². The van der Waals surface area contributed by atoms with Crippen LogP contribution in [-0.2, 0) is 25.5 Å². The van der Waals surface area contributed by atoms with Crippen LogP contribution >= 0.6 is 0 Å². The van der Waals surface area contributed by atoms with Gasteiger partial charge in [-0.15, -0.1) is 0 Å². The summed E-state index contributed by atoms with van der Waals surface area (Å²) in [5.74, 6) is 0.124. The first-order chi connectivity index (χ1) is 18.1. The van der Waals surface area contributed by atoms with Crippen molar-refractivity contribution in [3.63, 3.8) is 0 Å². The Morgan fingerprint density at radius 3 is 2.26 bits per heavy atom. The van der Waals surface area contributed by atoms with E-state index in [0.717, 1.165) is 24.8 Å². The third-order valence-electron chi connectivity index (χ3n) is 7.82. The monoisotopic (exact) mass is 530 g/mol. The van der Waals surface area contributed by atoms with Crippen LogP contribution in [0.3, 0.4) is 0 Å². The number of rotatable bonds is 16. The molecule has 0 radical (unpaired) electrons. The van der Waals surface area contributed by atoms with Gasteiger partial charge in [0, 0.05) is 32.5 Å². The number of nitrogens with one attached hydrogen (secondary N) is 2. The molecule has 1 fully saturated rings. The lowest BCUT2D eigenvalue weighted by Crippen LogP contribution is -2.49. The van der Waals surface area contributed by atoms with Crippen LogP contribution in [-0.4, -0.2) is 54.1 Å². The van der Waals surface area contributed by atoms with Crippen LogP contribution in [0.5, 0.6) is 0 Å². The first kappa shape index (κ1) is 32.0. The number of benzene rings is 1. The Morgan fingerprint density at radius 2 is 1.68 bits per heavy atom. The van der Waals surface area contributed by atoms with Gasteiger partial charge in [-0.25, -0.2) is 0 Å². The van der Waals surface area contributed by atoms with Gasteiger partial charge in [0.15, 0.2) is 5.78 Å². The highest BCUT2D eigenvalue weighted by atomic mass is 16.5. The molecule has 1 aliphatic rings. The second-order valence-corrected chi connectivity index (χ2v) is 11.6. The van der Waals surface area contributed by atoms with Gasteiger partial charge in [-0.1, -0.05) is 70.9 Å². The van der Waals surface area contributed by atoms with Gasteiger partial charge in [-0.3, -0.25) is 14.4 Å². The lowest BCUT2D eigenvalue weighted by Gasteiger charge is -2.31. The lowest BCUT2D eigenvalue weighted by molar-refractivity contribution is -0.130. The van der Waals surface area contributed by atoms with E-state index >= 15 is 0 Å². The average molecular weight is 531 g/mol. The summed E-state index contributed by atoms with van der Waals surface area (Å²) < 4.78 is 5.41. The summed E-state index contributed by atoms with van der Waals surface area (Å²) in [7, 11) is 0. The van der Waals surface area contributed by atoms with Gasteiger partial charge in [0.2, 0.25) is 11.8 Å². The van der Waals surface area contributed by atoms with Crippen LogP contribution in [0.4, 0.5) is 0 Å². The van der Waals surface area contributed by atoms with Gasteiger partial charge >= 0.3 is 0 Å². The molecular weight excluding hydrogens is 480 g/mol. The quantitative estimate of drug-likeness (QED) is 0.293. The predicted octanol–water partition coefficient (Wildman–Crippen LogP) is 4.45. The minimum absolute atomic E-state index is 0.0151. The average Bonchev–Trinajstić information content (AvgIpc) is 2.90. The number of amides is 2. The second kappa shape index (κ2) is 16.7. The maximum atomic E-state index is 13.4. The molecule has 1 unspecified atom stereocenters. The molecule has 1 aliphatic heterocycles. The molecule has 1 saturated heterocycles. The van der Waals surface area contributed by atoms with E-state index < -0.39 is 18.2 Å². The van der Waals surface area contributed by atoms with E-state index in [0.29, 0.717) is 51.2 Å². The molecule has 0 spiro atoms. The molecule has 2 rings (SSSR count). The molecule has 1 heterocycles. The van der Waals surface area contributed by atoms with Crippen LogP contribution in [0.25, 0.3) is 0 Å². The minimum Gasteiger partial charge on any atom is -0.391 e. The van der Waals surface area contributed by atoms with Crippen LogP contribution < -0.4 is 10.6 Å². The summed E-state index contributed by atoms with van der Waals surface area (Å²) in [5, 5.41) is 17.5. The smallest absolute Gasteiger partial charge is 0.223 e. The molecule has 38 heavy (non-hydrogen) atoms. The third kappa shape index (κ3) is 11.2. The summed E-state index contributed by atoms with van der Waals surface area (Å²) in [6.07, 6.45) is 4.33. The van der Waals surface area contributed by atoms with Crippen LogP contribution in [0.1, 0.15) is 85.1 Å². The zero-order valence-corrected chi connectivity index (χ0v) is 24.1. The van der Waals surface area contributed by atoms with Gasteiger partial charge in [-0.2, -0.15) is 0 Å². The molecule has 7 nitrogen and oxygen atoms in total. The first-order valence-electron chi connectivity index (χ1n) is 14.5. The normalized spacial score (nSPS) is 18.3. The first-order valence-corrected chi connectivity index (χ1v) is 14.5. The number of hydrogen-bond acceptors (Lipinski definition) is 5. The zero-order valence-electron chi connectivity index (χ0n) is 24.1.